The molecule has 0 unspecified atom stereocenters. The Balaban J connectivity index is 3.63. The molecule has 7 heteroatoms. The van der Waals surface area contributed by atoms with Gasteiger partial charge in [0.15, 0.2) is 19.7 Å². The van der Waals surface area contributed by atoms with E-state index in [1.54, 1.807) is 20.8 Å². The third-order valence-corrected chi connectivity index (χ3v) is 5.10. The Morgan fingerprint density at radius 3 is 1.95 bits per heavy atom. The van der Waals surface area contributed by atoms with Crippen molar-refractivity contribution in [1.29, 1.82) is 0 Å². The molecule has 0 fully saturated rings. The summed E-state index contributed by atoms with van der Waals surface area (Å²) in [6, 6.07) is 3.73. The first-order chi connectivity index (χ1) is 9.23. The third kappa shape index (κ3) is 4.57. The summed E-state index contributed by atoms with van der Waals surface area (Å²) in [5, 5.41) is 12.0. The zero-order valence-corrected chi connectivity index (χ0v) is 14.3. The van der Waals surface area contributed by atoms with Crippen LogP contribution in [0.15, 0.2) is 33.7 Å². The van der Waals surface area contributed by atoms with E-state index in [-0.39, 0.29) is 21.1 Å². The molecule has 21 heavy (non-hydrogen) atoms. The van der Waals surface area contributed by atoms with E-state index >= 15 is 0 Å². The highest BCUT2D eigenvalue weighted by molar-refractivity contribution is 7.91. The fourth-order valence-electron chi connectivity index (χ4n) is 1.54. The highest BCUT2D eigenvalue weighted by Gasteiger charge is 2.17. The average molecular weight is 331 g/mol. The molecule has 0 bridgehead atoms. The molecule has 0 atom stereocenters. The van der Waals surface area contributed by atoms with Crippen LogP contribution >= 0.6 is 0 Å². The minimum Gasteiger partial charge on any atom is -0.875 e. The normalized spacial score (nSPS) is 14.2. The van der Waals surface area contributed by atoms with Crippen LogP contribution < -0.4 is 5.11 Å². The lowest BCUT2D eigenvalue weighted by Gasteiger charge is -2.28. The lowest BCUT2D eigenvalue weighted by atomic mass is 9.92. The predicted molar refractivity (Wildman–Crippen MR) is 80.1 cm³/mol. The van der Waals surface area contributed by atoms with Crippen LogP contribution in [0.1, 0.15) is 26.3 Å². The zero-order chi connectivity index (χ0) is 16.6. The molecule has 118 valence electrons. The van der Waals surface area contributed by atoms with E-state index in [2.05, 4.69) is 0 Å². The standard InChI is InChI=1S/C14H20O5S2/c1-14(2,3)13(15)8-10-6-7-11(20(4,16)17)9-12(10)21(5,18)19/h6-9,15H,1-5H3/p-1/b13-8-. The first-order valence-electron chi connectivity index (χ1n) is 6.16. The van der Waals surface area contributed by atoms with Gasteiger partial charge >= 0.3 is 0 Å². The lowest BCUT2D eigenvalue weighted by Crippen LogP contribution is -2.20. The maximum Gasteiger partial charge on any atom is 0.176 e. The van der Waals surface area contributed by atoms with Gasteiger partial charge in [-0.15, -0.1) is 5.76 Å². The van der Waals surface area contributed by atoms with Crippen molar-refractivity contribution in [1.82, 2.24) is 0 Å². The molecule has 5 nitrogen and oxygen atoms in total. The van der Waals surface area contributed by atoms with Crippen LogP contribution in [0.4, 0.5) is 0 Å². The second kappa shape index (κ2) is 5.46. The van der Waals surface area contributed by atoms with Crippen LogP contribution in [0.25, 0.3) is 6.08 Å². The second-order valence-corrected chi connectivity index (χ2v) is 10.0. The van der Waals surface area contributed by atoms with Crippen LogP contribution in [0.5, 0.6) is 0 Å². The van der Waals surface area contributed by atoms with Gasteiger partial charge < -0.3 is 5.11 Å². The molecule has 0 heterocycles. The van der Waals surface area contributed by atoms with Crippen molar-refractivity contribution in [2.24, 2.45) is 5.41 Å². The van der Waals surface area contributed by atoms with Gasteiger partial charge in [0.2, 0.25) is 0 Å². The van der Waals surface area contributed by atoms with Gasteiger partial charge in [-0.25, -0.2) is 16.8 Å². The van der Waals surface area contributed by atoms with E-state index in [1.807, 2.05) is 0 Å². The van der Waals surface area contributed by atoms with Crippen LogP contribution in [0.3, 0.4) is 0 Å². The number of hydrogen-bond donors (Lipinski definition) is 0. The van der Waals surface area contributed by atoms with Crippen molar-refractivity contribution in [2.45, 2.75) is 30.6 Å². The minimum atomic E-state index is -3.66. The fourth-order valence-corrected chi connectivity index (χ4v) is 3.16. The van der Waals surface area contributed by atoms with Crippen LogP contribution in [-0.2, 0) is 19.7 Å². The first kappa shape index (κ1) is 17.7. The molecule has 0 amide bonds. The van der Waals surface area contributed by atoms with Gasteiger partial charge in [-0.1, -0.05) is 32.9 Å². The average Bonchev–Trinajstić information content (AvgIpc) is 2.25. The van der Waals surface area contributed by atoms with Crippen molar-refractivity contribution in [2.75, 3.05) is 12.5 Å². The summed E-state index contributed by atoms with van der Waals surface area (Å²) in [5.41, 5.74) is -0.450. The SMILES string of the molecule is CC(C)(C)/C([O-])=C/c1ccc(S(C)(=O)=O)cc1S(C)(=O)=O. The van der Waals surface area contributed by atoms with E-state index in [0.29, 0.717) is 0 Å². The molecular formula is C14H19O5S2-. The van der Waals surface area contributed by atoms with Crippen molar-refractivity contribution >= 4 is 25.8 Å². The number of sulfone groups is 2. The zero-order valence-electron chi connectivity index (χ0n) is 12.7. The minimum absolute atomic E-state index is 0.0942. The molecule has 0 aromatic heterocycles. The molecule has 0 saturated heterocycles. The summed E-state index contributed by atoms with van der Waals surface area (Å²) < 4.78 is 46.7. The summed E-state index contributed by atoms with van der Waals surface area (Å²) in [5.74, 6) is -0.237. The molecule has 0 aliphatic heterocycles. The van der Waals surface area contributed by atoms with Crippen LogP contribution in [0.2, 0.25) is 0 Å². The summed E-state index contributed by atoms with van der Waals surface area (Å²) in [7, 11) is -7.18. The number of hydrogen-bond acceptors (Lipinski definition) is 5. The molecule has 0 spiro atoms. The highest BCUT2D eigenvalue weighted by atomic mass is 32.2. The Morgan fingerprint density at radius 2 is 1.57 bits per heavy atom. The maximum absolute atomic E-state index is 12.0. The van der Waals surface area contributed by atoms with Crippen molar-refractivity contribution < 1.29 is 21.9 Å². The van der Waals surface area contributed by atoms with E-state index in [9.17, 15) is 21.9 Å². The second-order valence-electron chi connectivity index (χ2n) is 6.00. The van der Waals surface area contributed by atoms with Gasteiger partial charge in [0, 0.05) is 12.5 Å². The van der Waals surface area contributed by atoms with E-state index in [4.69, 9.17) is 0 Å². The number of benzene rings is 1. The molecule has 0 aliphatic rings. The van der Waals surface area contributed by atoms with Gasteiger partial charge in [0.25, 0.3) is 0 Å². The molecular weight excluding hydrogens is 312 g/mol. The molecule has 1 rings (SSSR count). The molecule has 0 saturated carbocycles. The molecule has 1 aromatic carbocycles. The van der Waals surface area contributed by atoms with E-state index in [0.717, 1.165) is 18.6 Å². The quantitative estimate of drug-likeness (QED) is 0.777. The molecule has 0 N–H and O–H groups in total. The summed E-state index contributed by atoms with van der Waals surface area (Å²) in [6.07, 6.45) is 3.22. The topological polar surface area (TPSA) is 91.3 Å². The Hall–Kier alpha value is -1.34. The summed E-state index contributed by atoms with van der Waals surface area (Å²) >= 11 is 0. The van der Waals surface area contributed by atoms with Crippen molar-refractivity contribution in [3.05, 3.63) is 29.5 Å². The third-order valence-electron chi connectivity index (χ3n) is 2.84. The van der Waals surface area contributed by atoms with Crippen LogP contribution in [0, 0.1) is 5.41 Å². The van der Waals surface area contributed by atoms with Crippen LogP contribution in [-0.4, -0.2) is 29.3 Å². The molecule has 1 aromatic rings. The Kier molecular flexibility index (Phi) is 4.60. The summed E-state index contributed by atoms with van der Waals surface area (Å²) in [4.78, 5) is -0.258. The van der Waals surface area contributed by atoms with E-state index in [1.165, 1.54) is 18.2 Å². The smallest absolute Gasteiger partial charge is 0.176 e. The van der Waals surface area contributed by atoms with Gasteiger partial charge in [-0.3, -0.25) is 0 Å². The molecule has 0 aliphatic carbocycles. The maximum atomic E-state index is 12.0. The number of allylic oxidation sites excluding steroid dienone is 1. The Bertz CT molecular complexity index is 779. The lowest BCUT2D eigenvalue weighted by molar-refractivity contribution is -0.320. The van der Waals surface area contributed by atoms with Gasteiger partial charge in [0.05, 0.1) is 9.79 Å². The van der Waals surface area contributed by atoms with Gasteiger partial charge in [-0.2, -0.15) is 0 Å². The fraction of sp³-hybridized carbons (Fsp3) is 0.429. The Labute approximate surface area is 126 Å². The number of rotatable bonds is 3. The van der Waals surface area contributed by atoms with Gasteiger partial charge in [0.1, 0.15) is 0 Å². The molecule has 0 radical (unpaired) electrons. The Morgan fingerprint density at radius 1 is 1.05 bits per heavy atom. The largest absolute Gasteiger partial charge is 0.875 e. The highest BCUT2D eigenvalue weighted by Crippen LogP contribution is 2.27. The van der Waals surface area contributed by atoms with Crippen molar-refractivity contribution in [3.8, 4) is 0 Å². The van der Waals surface area contributed by atoms with Crippen molar-refractivity contribution in [3.63, 3.8) is 0 Å². The summed E-state index contributed by atoms with van der Waals surface area (Å²) in [6.45, 7) is 5.16. The predicted octanol–water partition coefficient (Wildman–Crippen LogP) is 1.24. The monoisotopic (exact) mass is 331 g/mol. The van der Waals surface area contributed by atoms with E-state index < -0.39 is 25.1 Å². The van der Waals surface area contributed by atoms with Gasteiger partial charge in [-0.05, 0) is 23.1 Å². The first-order valence-corrected chi connectivity index (χ1v) is 9.94.